The molecule has 0 bridgehead atoms. The van der Waals surface area contributed by atoms with E-state index in [1.165, 1.54) is 29.5 Å². The first-order valence-electron chi connectivity index (χ1n) is 18.7. The number of aryl methyl sites for hydroxylation is 2. The van der Waals surface area contributed by atoms with Crippen LogP contribution < -0.4 is 25.7 Å². The summed E-state index contributed by atoms with van der Waals surface area (Å²) >= 11 is 1.41. The minimum absolute atomic E-state index is 0. The van der Waals surface area contributed by atoms with Crippen LogP contribution in [0.15, 0.2) is 108 Å². The van der Waals surface area contributed by atoms with E-state index < -0.39 is 15.9 Å². The van der Waals surface area contributed by atoms with E-state index in [9.17, 15) is 23.2 Å². The molecule has 6 aromatic rings. The highest BCUT2D eigenvalue weighted by Gasteiger charge is 2.27. The number of thiazole rings is 1. The maximum absolute atomic E-state index is 14.0. The standard InChI is InChI=1S/C42H44N8O5S2.H2O/c1-49(2)24-9-23-43-34-20-19-31(26-36(34)47-53)57(54,55)48-41(52)39-30(17-16-28-10-4-3-5-11-28)18-21-38(45-39)50-25-22-29-12-8-13-32(33(29)27-50)40(51)46-42-44-35-14-6-7-15-37(35)56-42;/h3-8,10-15,18-21,26,43H,9,16-17,22-25,27,47H2,1-2H3,(H,48,52)(H,44,46,51);1H2. The second kappa shape index (κ2) is 18.7. The van der Waals surface area contributed by atoms with Crippen LogP contribution in [0.1, 0.15) is 49.5 Å². The second-order valence-corrected chi connectivity index (χ2v) is 16.8. The molecule has 302 valence electrons. The molecule has 2 amide bonds. The summed E-state index contributed by atoms with van der Waals surface area (Å²) in [6.45, 7) is 2.35. The third-order valence-electron chi connectivity index (χ3n) is 9.85. The number of benzene rings is 4. The van der Waals surface area contributed by atoms with E-state index in [1.54, 1.807) is 6.07 Å². The Kier molecular flexibility index (Phi) is 13.5. The lowest BCUT2D eigenvalue weighted by molar-refractivity contribution is -0.496. The predicted octanol–water partition coefficient (Wildman–Crippen LogP) is 4.64. The third-order valence-corrected chi connectivity index (χ3v) is 12.1. The highest BCUT2D eigenvalue weighted by molar-refractivity contribution is 7.90. The van der Waals surface area contributed by atoms with Crippen LogP contribution >= 0.6 is 11.3 Å². The summed E-state index contributed by atoms with van der Waals surface area (Å²) in [4.78, 5) is 40.9. The summed E-state index contributed by atoms with van der Waals surface area (Å²) in [5, 5.41) is 18.7. The third kappa shape index (κ3) is 9.85. The number of carbonyl (C=O) groups excluding carboxylic acids is 2. The Morgan fingerprint density at radius 3 is 2.48 bits per heavy atom. The molecule has 2 aromatic heterocycles. The number of hydrogen-bond donors (Lipinski definition) is 4. The molecule has 14 nitrogen and oxygen atoms in total. The van der Waals surface area contributed by atoms with E-state index >= 15 is 0 Å². The van der Waals surface area contributed by atoms with Gasteiger partial charge in [0.05, 0.1) is 20.8 Å². The molecule has 3 heterocycles. The number of fused-ring (bicyclic) bond motifs is 2. The SMILES string of the molecule is CN(C)CCCNc1ccc(S(=O)(=O)NC(=O)c2nc(N3CCc4cccc(C(=O)Nc5nc6ccccc6s5)c4C3)ccc2CCc2ccccc2)cc1[NH2+][O-].O. The summed E-state index contributed by atoms with van der Waals surface area (Å²) in [5.41, 5.74) is 6.09. The fraction of sp³-hybridized carbons (Fsp3) is 0.238. The molecule has 0 aliphatic carbocycles. The number of quaternary nitrogens is 1. The van der Waals surface area contributed by atoms with Crippen LogP contribution in [0.3, 0.4) is 0 Å². The maximum Gasteiger partial charge on any atom is 0.283 e. The zero-order chi connectivity index (χ0) is 39.9. The van der Waals surface area contributed by atoms with Gasteiger partial charge in [-0.1, -0.05) is 72.0 Å². The van der Waals surface area contributed by atoms with E-state index in [0.717, 1.165) is 39.9 Å². The number of pyridine rings is 1. The molecule has 0 saturated carbocycles. The van der Waals surface area contributed by atoms with Crippen LogP contribution in [0.4, 0.5) is 22.3 Å². The van der Waals surface area contributed by atoms with Gasteiger partial charge in [0, 0.05) is 31.3 Å². The molecular formula is C42H46N8O6S2. The summed E-state index contributed by atoms with van der Waals surface area (Å²) in [6.07, 6.45) is 2.49. The summed E-state index contributed by atoms with van der Waals surface area (Å²) in [5.74, 6) is -0.680. The zero-order valence-electron chi connectivity index (χ0n) is 32.2. The van der Waals surface area contributed by atoms with Crippen LogP contribution in [-0.4, -0.2) is 74.3 Å². The summed E-state index contributed by atoms with van der Waals surface area (Å²) in [6, 6.07) is 31.0. The van der Waals surface area contributed by atoms with Gasteiger partial charge >= 0.3 is 0 Å². The zero-order valence-corrected chi connectivity index (χ0v) is 33.8. The van der Waals surface area contributed by atoms with Crippen molar-refractivity contribution in [3.8, 4) is 0 Å². The molecule has 58 heavy (non-hydrogen) atoms. The molecule has 0 unspecified atom stereocenters. The first-order chi connectivity index (χ1) is 27.6. The average Bonchev–Trinajstić information content (AvgIpc) is 3.63. The maximum atomic E-state index is 14.0. The van der Waals surface area contributed by atoms with Crippen LogP contribution in [0, 0.1) is 5.21 Å². The van der Waals surface area contributed by atoms with Gasteiger partial charge in [0.25, 0.3) is 21.8 Å². The smallest absolute Gasteiger partial charge is 0.283 e. The van der Waals surface area contributed by atoms with Crippen molar-refractivity contribution in [3.63, 3.8) is 0 Å². The van der Waals surface area contributed by atoms with Crippen molar-refractivity contribution in [2.24, 2.45) is 0 Å². The molecule has 1 aliphatic heterocycles. The number of para-hydroxylation sites is 1. The Balaban J connectivity index is 0.00000567. The lowest BCUT2D eigenvalue weighted by atomic mass is 9.94. The lowest BCUT2D eigenvalue weighted by Gasteiger charge is -2.31. The van der Waals surface area contributed by atoms with Gasteiger partial charge in [0.1, 0.15) is 11.5 Å². The molecule has 0 spiro atoms. The molecule has 7 N–H and O–H groups in total. The van der Waals surface area contributed by atoms with Gasteiger partial charge in [-0.25, -0.2) is 23.1 Å². The molecule has 16 heteroatoms. The topological polar surface area (TPSA) is 208 Å². The van der Waals surface area contributed by atoms with Gasteiger partial charge in [-0.2, -0.15) is 0 Å². The van der Waals surface area contributed by atoms with Gasteiger partial charge in [-0.15, -0.1) is 0 Å². The Morgan fingerprint density at radius 1 is 0.914 bits per heavy atom. The van der Waals surface area contributed by atoms with Crippen molar-refractivity contribution in [1.82, 2.24) is 19.6 Å². The Morgan fingerprint density at radius 2 is 1.71 bits per heavy atom. The number of nitrogens with two attached hydrogens (primary N) is 1. The van der Waals surface area contributed by atoms with E-state index in [1.807, 2.05) is 103 Å². The predicted molar refractivity (Wildman–Crippen MR) is 228 cm³/mol. The fourth-order valence-electron chi connectivity index (χ4n) is 6.87. The van der Waals surface area contributed by atoms with Gasteiger partial charge in [-0.05, 0) is 105 Å². The molecule has 0 radical (unpaired) electrons. The van der Waals surface area contributed by atoms with E-state index in [-0.39, 0.29) is 27.7 Å². The second-order valence-electron chi connectivity index (χ2n) is 14.1. The highest BCUT2D eigenvalue weighted by Crippen LogP contribution is 2.30. The first kappa shape index (κ1) is 41.9. The fourth-order valence-corrected chi connectivity index (χ4v) is 8.72. The normalized spacial score (nSPS) is 12.5. The number of sulfonamides is 1. The largest absolute Gasteiger partial charge is 0.630 e. The van der Waals surface area contributed by atoms with E-state index in [2.05, 4.69) is 20.3 Å². The Bertz CT molecular complexity index is 2480. The van der Waals surface area contributed by atoms with E-state index in [4.69, 9.17) is 4.98 Å². The van der Waals surface area contributed by atoms with Crippen LogP contribution in [0.5, 0.6) is 0 Å². The van der Waals surface area contributed by atoms with Gasteiger partial charge < -0.3 is 31.3 Å². The molecule has 0 atom stereocenters. The van der Waals surface area contributed by atoms with Gasteiger partial charge in [0.15, 0.2) is 10.8 Å². The summed E-state index contributed by atoms with van der Waals surface area (Å²) < 4.78 is 30.5. The van der Waals surface area contributed by atoms with Crippen molar-refractivity contribution < 1.29 is 29.0 Å². The van der Waals surface area contributed by atoms with Crippen molar-refractivity contribution >= 4 is 65.7 Å². The number of rotatable bonds is 15. The van der Waals surface area contributed by atoms with Crippen molar-refractivity contribution in [3.05, 3.63) is 142 Å². The van der Waals surface area contributed by atoms with Crippen LogP contribution in [0.2, 0.25) is 0 Å². The summed E-state index contributed by atoms with van der Waals surface area (Å²) in [7, 11) is -0.456. The highest BCUT2D eigenvalue weighted by atomic mass is 32.2. The van der Waals surface area contributed by atoms with Gasteiger partial charge in [0.2, 0.25) is 0 Å². The van der Waals surface area contributed by atoms with Crippen molar-refractivity contribution in [2.75, 3.05) is 49.3 Å². The quantitative estimate of drug-likeness (QED) is 0.0641. The van der Waals surface area contributed by atoms with Crippen molar-refractivity contribution in [1.29, 1.82) is 0 Å². The van der Waals surface area contributed by atoms with Crippen LogP contribution in [-0.2, 0) is 35.8 Å². The molecular weight excluding hydrogens is 777 g/mol. The number of nitrogens with zero attached hydrogens (tertiary/aromatic N) is 4. The number of nitrogens with one attached hydrogen (secondary N) is 3. The van der Waals surface area contributed by atoms with E-state index in [0.29, 0.717) is 72.1 Å². The number of aromatic nitrogens is 2. The lowest BCUT2D eigenvalue weighted by Crippen LogP contribution is -2.70. The first-order valence-corrected chi connectivity index (χ1v) is 21.0. The number of amides is 2. The Hall–Kier alpha value is -5.75. The monoisotopic (exact) mass is 822 g/mol. The molecule has 7 rings (SSSR count). The number of hydrogen-bond acceptors (Lipinski definition) is 11. The number of anilines is 3. The molecule has 0 fully saturated rings. The molecule has 1 aliphatic rings. The number of carbonyl (C=O) groups is 2. The molecule has 4 aromatic carbocycles. The average molecular weight is 823 g/mol. The molecule has 0 saturated heterocycles. The van der Waals surface area contributed by atoms with Crippen molar-refractivity contribution in [2.45, 2.75) is 37.1 Å². The van der Waals surface area contributed by atoms with Gasteiger partial charge in [-0.3, -0.25) is 14.9 Å². The minimum atomic E-state index is -4.40. The van der Waals surface area contributed by atoms with Crippen LogP contribution in [0.25, 0.3) is 10.2 Å². The Labute approximate surface area is 341 Å². The minimum Gasteiger partial charge on any atom is -0.630 e.